The molecule has 0 aromatic heterocycles. The van der Waals surface area contributed by atoms with E-state index in [9.17, 15) is 15.3 Å². The summed E-state index contributed by atoms with van der Waals surface area (Å²) in [5.74, 6) is 0. The number of hydrogen-bond donors (Lipinski definition) is 3. The topological polar surface area (TPSA) is 79.2 Å². The Balaban J connectivity index is 1.82. The molecule has 27 heavy (non-hydrogen) atoms. The molecule has 3 N–H and O–H groups in total. The minimum atomic E-state index is -1.03. The lowest BCUT2D eigenvalue weighted by molar-refractivity contribution is -0.0813. The zero-order valence-corrected chi connectivity index (χ0v) is 17.2. The van der Waals surface area contributed by atoms with Crippen LogP contribution in [0.4, 0.5) is 0 Å². The number of unbranched alkanes of at least 4 members (excludes halogenated alkanes) is 10. The molecule has 0 aromatic rings. The van der Waals surface area contributed by atoms with E-state index >= 15 is 0 Å². The second kappa shape index (κ2) is 16.5. The van der Waals surface area contributed by atoms with E-state index in [1.54, 1.807) is 0 Å². The molecule has 1 heterocycles. The first kappa shape index (κ1) is 24.6. The molecule has 0 aromatic carbocycles. The Bertz CT molecular complexity index is 361. The molecule has 1 aliphatic rings. The summed E-state index contributed by atoms with van der Waals surface area (Å²) in [6, 6.07) is 0. The van der Waals surface area contributed by atoms with Gasteiger partial charge in [-0.15, -0.1) is 0 Å². The Morgan fingerprint density at radius 2 is 1.52 bits per heavy atom. The molecular weight excluding hydrogens is 344 g/mol. The second-order valence-electron chi connectivity index (χ2n) is 7.73. The lowest BCUT2D eigenvalue weighted by Gasteiger charge is -2.20. The number of rotatable bonds is 17. The molecule has 0 radical (unpaired) electrons. The molecule has 1 fully saturated rings. The van der Waals surface area contributed by atoms with Crippen molar-refractivity contribution in [2.45, 2.75) is 108 Å². The van der Waals surface area contributed by atoms with Crippen molar-refractivity contribution in [3.05, 3.63) is 12.2 Å². The SMILES string of the molecule is CCCCCCCCCC/C=C/CCCCOC[C@@H](O)[C@@H]1OC[C@H](O)[C@@H]1O. The predicted octanol–water partition coefficient (Wildman–Crippen LogP) is 3.74. The van der Waals surface area contributed by atoms with Gasteiger partial charge < -0.3 is 24.8 Å². The molecular formula is C22H42O5. The van der Waals surface area contributed by atoms with Crippen LogP contribution in [0.5, 0.6) is 0 Å². The summed E-state index contributed by atoms with van der Waals surface area (Å²) in [5, 5.41) is 29.0. The van der Waals surface area contributed by atoms with E-state index in [0.29, 0.717) is 6.61 Å². The number of allylic oxidation sites excluding steroid dienone is 2. The van der Waals surface area contributed by atoms with E-state index in [1.165, 1.54) is 57.8 Å². The normalized spacial score (nSPS) is 24.1. The molecule has 0 amide bonds. The number of hydrogen-bond acceptors (Lipinski definition) is 5. The van der Waals surface area contributed by atoms with Crippen LogP contribution in [0.2, 0.25) is 0 Å². The summed E-state index contributed by atoms with van der Waals surface area (Å²) in [4.78, 5) is 0. The Morgan fingerprint density at radius 3 is 2.11 bits per heavy atom. The van der Waals surface area contributed by atoms with Crippen LogP contribution in [0.1, 0.15) is 84.0 Å². The number of ether oxygens (including phenoxy) is 2. The highest BCUT2D eigenvalue weighted by atomic mass is 16.5. The van der Waals surface area contributed by atoms with Crippen LogP contribution in [0.15, 0.2) is 12.2 Å². The van der Waals surface area contributed by atoms with Crippen molar-refractivity contribution in [3.8, 4) is 0 Å². The van der Waals surface area contributed by atoms with Gasteiger partial charge in [0, 0.05) is 6.61 Å². The van der Waals surface area contributed by atoms with Gasteiger partial charge in [-0.05, 0) is 32.1 Å². The smallest absolute Gasteiger partial charge is 0.114 e. The van der Waals surface area contributed by atoms with Crippen LogP contribution in [0.3, 0.4) is 0 Å². The van der Waals surface area contributed by atoms with Gasteiger partial charge in [-0.2, -0.15) is 0 Å². The maximum absolute atomic E-state index is 9.92. The van der Waals surface area contributed by atoms with Crippen molar-refractivity contribution in [2.24, 2.45) is 0 Å². The van der Waals surface area contributed by atoms with Crippen molar-refractivity contribution < 1.29 is 24.8 Å². The lowest BCUT2D eigenvalue weighted by Crippen LogP contribution is -2.40. The van der Waals surface area contributed by atoms with Crippen LogP contribution in [-0.4, -0.2) is 59.6 Å². The van der Waals surface area contributed by atoms with Gasteiger partial charge in [0.1, 0.15) is 24.4 Å². The first-order valence-corrected chi connectivity index (χ1v) is 11.0. The van der Waals surface area contributed by atoms with Gasteiger partial charge in [0.15, 0.2) is 0 Å². The van der Waals surface area contributed by atoms with Crippen molar-refractivity contribution in [1.82, 2.24) is 0 Å². The van der Waals surface area contributed by atoms with Crippen LogP contribution in [0, 0.1) is 0 Å². The van der Waals surface area contributed by atoms with Gasteiger partial charge >= 0.3 is 0 Å². The molecule has 4 atom stereocenters. The van der Waals surface area contributed by atoms with Crippen molar-refractivity contribution >= 4 is 0 Å². The Morgan fingerprint density at radius 1 is 0.926 bits per heavy atom. The lowest BCUT2D eigenvalue weighted by atomic mass is 10.1. The molecule has 1 rings (SSSR count). The first-order chi connectivity index (χ1) is 13.2. The van der Waals surface area contributed by atoms with E-state index in [4.69, 9.17) is 9.47 Å². The third-order valence-corrected chi connectivity index (χ3v) is 5.16. The van der Waals surface area contributed by atoms with E-state index in [2.05, 4.69) is 19.1 Å². The van der Waals surface area contributed by atoms with Crippen LogP contribution in [-0.2, 0) is 9.47 Å². The number of aliphatic hydroxyl groups excluding tert-OH is 3. The number of aliphatic hydroxyl groups is 3. The maximum atomic E-state index is 9.92. The highest BCUT2D eigenvalue weighted by molar-refractivity contribution is 4.87. The van der Waals surface area contributed by atoms with Gasteiger partial charge in [-0.1, -0.05) is 64.0 Å². The van der Waals surface area contributed by atoms with Crippen molar-refractivity contribution in [1.29, 1.82) is 0 Å². The molecule has 1 aliphatic heterocycles. The average molecular weight is 387 g/mol. The minimum absolute atomic E-state index is 0.0637. The van der Waals surface area contributed by atoms with Gasteiger partial charge in [0.2, 0.25) is 0 Å². The summed E-state index contributed by atoms with van der Waals surface area (Å²) >= 11 is 0. The Hall–Kier alpha value is -0.460. The molecule has 160 valence electrons. The van der Waals surface area contributed by atoms with Gasteiger partial charge in [-0.25, -0.2) is 0 Å². The van der Waals surface area contributed by atoms with Gasteiger partial charge in [0.05, 0.1) is 13.2 Å². The summed E-state index contributed by atoms with van der Waals surface area (Å²) in [6.07, 6.45) is 16.2. The minimum Gasteiger partial charge on any atom is -0.388 e. The zero-order chi connectivity index (χ0) is 19.7. The van der Waals surface area contributed by atoms with Gasteiger partial charge in [0.25, 0.3) is 0 Å². The van der Waals surface area contributed by atoms with Crippen molar-refractivity contribution in [3.63, 3.8) is 0 Å². The third-order valence-electron chi connectivity index (χ3n) is 5.16. The highest BCUT2D eigenvalue weighted by Crippen LogP contribution is 2.18. The highest BCUT2D eigenvalue weighted by Gasteiger charge is 2.39. The van der Waals surface area contributed by atoms with E-state index < -0.39 is 24.4 Å². The van der Waals surface area contributed by atoms with Crippen LogP contribution >= 0.6 is 0 Å². The fraction of sp³-hybridized carbons (Fsp3) is 0.909. The molecule has 0 aliphatic carbocycles. The van der Waals surface area contributed by atoms with Gasteiger partial charge in [-0.3, -0.25) is 0 Å². The molecule has 0 unspecified atom stereocenters. The molecule has 5 nitrogen and oxygen atoms in total. The third kappa shape index (κ3) is 11.9. The molecule has 5 heteroatoms. The molecule has 0 bridgehead atoms. The molecule has 1 saturated heterocycles. The van der Waals surface area contributed by atoms with E-state index in [1.807, 2.05) is 0 Å². The quantitative estimate of drug-likeness (QED) is 0.262. The van der Waals surface area contributed by atoms with E-state index in [-0.39, 0.29) is 13.2 Å². The summed E-state index contributed by atoms with van der Waals surface area (Å²) < 4.78 is 10.6. The first-order valence-electron chi connectivity index (χ1n) is 11.0. The standard InChI is InChI=1S/C22H42O5/c1-2-3-4-5-6-7-8-9-10-11-12-13-14-15-16-26-17-20(24)22-21(25)19(23)18-27-22/h11-12,19-25H,2-10,13-18H2,1H3/b12-11+/t19-,20+,21-,22-/m0/s1. The maximum Gasteiger partial charge on any atom is 0.114 e. The van der Waals surface area contributed by atoms with Crippen LogP contribution < -0.4 is 0 Å². The van der Waals surface area contributed by atoms with Crippen LogP contribution in [0.25, 0.3) is 0 Å². The van der Waals surface area contributed by atoms with E-state index in [0.717, 1.165) is 19.3 Å². The molecule has 0 saturated carbocycles. The fourth-order valence-corrected chi connectivity index (χ4v) is 3.36. The predicted molar refractivity (Wildman–Crippen MR) is 109 cm³/mol. The largest absolute Gasteiger partial charge is 0.388 e. The summed E-state index contributed by atoms with van der Waals surface area (Å²) in [5.41, 5.74) is 0. The Kier molecular flexibility index (Phi) is 15.0. The second-order valence-corrected chi connectivity index (χ2v) is 7.73. The molecule has 0 spiro atoms. The fourth-order valence-electron chi connectivity index (χ4n) is 3.36. The summed E-state index contributed by atoms with van der Waals surface area (Å²) in [7, 11) is 0. The zero-order valence-electron chi connectivity index (χ0n) is 17.2. The van der Waals surface area contributed by atoms with Crippen molar-refractivity contribution in [2.75, 3.05) is 19.8 Å². The average Bonchev–Trinajstić information content (AvgIpc) is 3.00. The Labute approximate surface area is 165 Å². The summed E-state index contributed by atoms with van der Waals surface area (Å²) in [6.45, 7) is 3.04. The monoisotopic (exact) mass is 386 g/mol.